The first-order valence-electron chi connectivity index (χ1n) is 6.91. The van der Waals surface area contributed by atoms with Crippen LogP contribution in [0.2, 0.25) is 0 Å². The molecule has 0 aromatic carbocycles. The lowest BCUT2D eigenvalue weighted by atomic mass is 10.2. The fourth-order valence-corrected chi connectivity index (χ4v) is 2.90. The van der Waals surface area contributed by atoms with Gasteiger partial charge in [-0.15, -0.1) is 0 Å². The SMILES string of the molecule is CC(C)N1CCCC1CON1CCCCC1. The standard InChI is InChI=1S/C13H26N2O/c1-12(2)15-10-6-7-13(15)11-16-14-8-4-3-5-9-14/h12-13H,3-11H2,1-2H3. The van der Waals surface area contributed by atoms with Crippen molar-refractivity contribution in [1.29, 1.82) is 0 Å². The molecule has 3 heteroatoms. The summed E-state index contributed by atoms with van der Waals surface area (Å²) in [6.07, 6.45) is 6.64. The van der Waals surface area contributed by atoms with Gasteiger partial charge in [-0.05, 0) is 46.1 Å². The molecule has 0 amide bonds. The van der Waals surface area contributed by atoms with Crippen LogP contribution in [0.3, 0.4) is 0 Å². The van der Waals surface area contributed by atoms with Crippen LogP contribution >= 0.6 is 0 Å². The number of likely N-dealkylation sites (tertiary alicyclic amines) is 1. The molecular formula is C13H26N2O. The van der Waals surface area contributed by atoms with Crippen LogP contribution in [0.5, 0.6) is 0 Å². The van der Waals surface area contributed by atoms with Gasteiger partial charge in [0.25, 0.3) is 0 Å². The van der Waals surface area contributed by atoms with Crippen LogP contribution in [0, 0.1) is 0 Å². The lowest BCUT2D eigenvalue weighted by Gasteiger charge is -2.31. The molecule has 2 aliphatic rings. The fourth-order valence-electron chi connectivity index (χ4n) is 2.90. The van der Waals surface area contributed by atoms with Gasteiger partial charge in [-0.2, -0.15) is 5.06 Å². The molecule has 0 bridgehead atoms. The molecule has 0 N–H and O–H groups in total. The van der Waals surface area contributed by atoms with Crippen LogP contribution in [0.25, 0.3) is 0 Å². The highest BCUT2D eigenvalue weighted by Gasteiger charge is 2.27. The molecule has 94 valence electrons. The maximum absolute atomic E-state index is 5.94. The molecule has 3 nitrogen and oxygen atoms in total. The Bertz CT molecular complexity index is 202. The number of rotatable bonds is 4. The molecule has 2 aliphatic heterocycles. The second kappa shape index (κ2) is 5.99. The van der Waals surface area contributed by atoms with Crippen molar-refractivity contribution in [2.24, 2.45) is 0 Å². The van der Waals surface area contributed by atoms with Crippen molar-refractivity contribution < 1.29 is 4.84 Å². The number of hydrogen-bond acceptors (Lipinski definition) is 3. The van der Waals surface area contributed by atoms with Crippen LogP contribution in [0.15, 0.2) is 0 Å². The van der Waals surface area contributed by atoms with Crippen LogP contribution in [0.1, 0.15) is 46.0 Å². The van der Waals surface area contributed by atoms with Crippen molar-refractivity contribution in [2.45, 2.75) is 58.0 Å². The lowest BCUT2D eigenvalue weighted by molar-refractivity contribution is -0.179. The third-order valence-corrected chi connectivity index (χ3v) is 3.85. The zero-order chi connectivity index (χ0) is 11.4. The second-order valence-electron chi connectivity index (χ2n) is 5.41. The first-order valence-corrected chi connectivity index (χ1v) is 6.91. The summed E-state index contributed by atoms with van der Waals surface area (Å²) in [5.74, 6) is 0. The molecule has 0 aromatic rings. The highest BCUT2D eigenvalue weighted by atomic mass is 16.7. The van der Waals surface area contributed by atoms with Crippen LogP contribution in [-0.4, -0.2) is 48.3 Å². The Balaban J connectivity index is 1.71. The summed E-state index contributed by atoms with van der Waals surface area (Å²) in [6, 6.07) is 1.32. The van der Waals surface area contributed by atoms with Gasteiger partial charge >= 0.3 is 0 Å². The minimum atomic E-state index is 0.655. The van der Waals surface area contributed by atoms with E-state index in [2.05, 4.69) is 23.8 Å². The Hall–Kier alpha value is -0.120. The molecule has 0 aliphatic carbocycles. The molecule has 0 aromatic heterocycles. The zero-order valence-corrected chi connectivity index (χ0v) is 10.8. The minimum Gasteiger partial charge on any atom is -0.297 e. The largest absolute Gasteiger partial charge is 0.297 e. The highest BCUT2D eigenvalue weighted by Crippen LogP contribution is 2.21. The van der Waals surface area contributed by atoms with Gasteiger partial charge in [0.15, 0.2) is 0 Å². The smallest absolute Gasteiger partial charge is 0.0840 e. The van der Waals surface area contributed by atoms with Gasteiger partial charge in [0.05, 0.1) is 6.61 Å². The predicted molar refractivity (Wildman–Crippen MR) is 66.2 cm³/mol. The molecular weight excluding hydrogens is 200 g/mol. The van der Waals surface area contributed by atoms with Gasteiger partial charge in [0, 0.05) is 25.2 Å². The molecule has 2 fully saturated rings. The zero-order valence-electron chi connectivity index (χ0n) is 10.8. The van der Waals surface area contributed by atoms with Crippen LogP contribution in [0.4, 0.5) is 0 Å². The summed E-state index contributed by atoms with van der Waals surface area (Å²) < 4.78 is 0. The third kappa shape index (κ3) is 3.19. The van der Waals surface area contributed by atoms with Gasteiger partial charge in [0.1, 0.15) is 0 Å². The summed E-state index contributed by atoms with van der Waals surface area (Å²) in [5.41, 5.74) is 0. The highest BCUT2D eigenvalue weighted by molar-refractivity contribution is 4.81. The third-order valence-electron chi connectivity index (χ3n) is 3.85. The summed E-state index contributed by atoms with van der Waals surface area (Å²) in [4.78, 5) is 8.53. The number of nitrogens with zero attached hydrogens (tertiary/aromatic N) is 2. The van der Waals surface area contributed by atoms with Gasteiger partial charge in [0.2, 0.25) is 0 Å². The van der Waals surface area contributed by atoms with E-state index in [-0.39, 0.29) is 0 Å². The molecule has 0 radical (unpaired) electrons. The topological polar surface area (TPSA) is 15.7 Å². The van der Waals surface area contributed by atoms with E-state index in [1.807, 2.05) is 0 Å². The van der Waals surface area contributed by atoms with Crippen molar-refractivity contribution in [3.63, 3.8) is 0 Å². The molecule has 16 heavy (non-hydrogen) atoms. The Morgan fingerprint density at radius 3 is 2.50 bits per heavy atom. The van der Waals surface area contributed by atoms with E-state index >= 15 is 0 Å². The lowest BCUT2D eigenvalue weighted by Crippen LogP contribution is -2.41. The van der Waals surface area contributed by atoms with Gasteiger partial charge in [-0.1, -0.05) is 6.42 Å². The summed E-state index contributed by atoms with van der Waals surface area (Å²) in [6.45, 7) is 9.01. The maximum Gasteiger partial charge on any atom is 0.0840 e. The average molecular weight is 226 g/mol. The number of piperidine rings is 1. The van der Waals surface area contributed by atoms with Crippen molar-refractivity contribution >= 4 is 0 Å². The van der Waals surface area contributed by atoms with Crippen LogP contribution in [-0.2, 0) is 4.84 Å². The first-order chi connectivity index (χ1) is 7.77. The van der Waals surface area contributed by atoms with Crippen molar-refractivity contribution in [1.82, 2.24) is 9.96 Å². The minimum absolute atomic E-state index is 0.655. The van der Waals surface area contributed by atoms with E-state index in [1.54, 1.807) is 0 Å². The molecule has 1 atom stereocenters. The molecule has 1 unspecified atom stereocenters. The fraction of sp³-hybridized carbons (Fsp3) is 1.00. The molecule has 0 saturated carbocycles. The van der Waals surface area contributed by atoms with E-state index in [0.29, 0.717) is 12.1 Å². The summed E-state index contributed by atoms with van der Waals surface area (Å²) in [7, 11) is 0. The van der Waals surface area contributed by atoms with E-state index in [0.717, 1.165) is 19.7 Å². The molecule has 2 saturated heterocycles. The first kappa shape index (κ1) is 12.3. The average Bonchev–Trinajstić information content (AvgIpc) is 2.76. The van der Waals surface area contributed by atoms with Crippen molar-refractivity contribution in [2.75, 3.05) is 26.2 Å². The van der Waals surface area contributed by atoms with E-state index in [4.69, 9.17) is 4.84 Å². The molecule has 2 rings (SSSR count). The predicted octanol–water partition coefficient (Wildman–Crippen LogP) is 2.28. The van der Waals surface area contributed by atoms with E-state index in [1.165, 1.54) is 38.6 Å². The summed E-state index contributed by atoms with van der Waals surface area (Å²) >= 11 is 0. The maximum atomic E-state index is 5.94. The van der Waals surface area contributed by atoms with E-state index < -0.39 is 0 Å². The Morgan fingerprint density at radius 2 is 1.81 bits per heavy atom. The van der Waals surface area contributed by atoms with Crippen LogP contribution < -0.4 is 0 Å². The van der Waals surface area contributed by atoms with Gasteiger partial charge in [-0.3, -0.25) is 9.74 Å². The summed E-state index contributed by atoms with van der Waals surface area (Å²) in [5, 5.41) is 2.18. The van der Waals surface area contributed by atoms with Gasteiger partial charge < -0.3 is 0 Å². The van der Waals surface area contributed by atoms with Crippen molar-refractivity contribution in [3.8, 4) is 0 Å². The monoisotopic (exact) mass is 226 g/mol. The second-order valence-corrected chi connectivity index (χ2v) is 5.41. The number of hydrogen-bond donors (Lipinski definition) is 0. The quantitative estimate of drug-likeness (QED) is 0.731. The number of hydroxylamine groups is 2. The normalized spacial score (nSPS) is 29.1. The Kier molecular flexibility index (Phi) is 4.62. The molecule has 2 heterocycles. The Labute approximate surface area is 99.7 Å². The van der Waals surface area contributed by atoms with Crippen molar-refractivity contribution in [3.05, 3.63) is 0 Å². The van der Waals surface area contributed by atoms with Gasteiger partial charge in [-0.25, -0.2) is 0 Å². The van der Waals surface area contributed by atoms with E-state index in [9.17, 15) is 0 Å². The Morgan fingerprint density at radius 1 is 1.06 bits per heavy atom. The molecule has 0 spiro atoms.